The van der Waals surface area contributed by atoms with Crippen molar-refractivity contribution in [3.05, 3.63) is 35.4 Å². The van der Waals surface area contributed by atoms with E-state index in [4.69, 9.17) is 0 Å². The molecule has 0 saturated carbocycles. The van der Waals surface area contributed by atoms with E-state index in [0.29, 0.717) is 0 Å². The van der Waals surface area contributed by atoms with Gasteiger partial charge >= 0.3 is 0 Å². The number of hydrogen-bond donors (Lipinski definition) is 1. The second kappa shape index (κ2) is 5.46. The quantitative estimate of drug-likeness (QED) is 0.839. The maximum atomic E-state index is 9.50. The van der Waals surface area contributed by atoms with E-state index >= 15 is 0 Å². The fourth-order valence-corrected chi connectivity index (χ4v) is 2.47. The summed E-state index contributed by atoms with van der Waals surface area (Å²) in [6, 6.07) is 8.51. The standard InChI is InChI=1S/C14H21NO/c1-12-5-4-6-13(9-12)14(11-16)10-15-7-2-3-8-15/h4-6,9,14,16H,2-3,7-8,10-11H2,1H3. The summed E-state index contributed by atoms with van der Waals surface area (Å²) in [6.07, 6.45) is 2.62. The first kappa shape index (κ1) is 11.6. The molecule has 0 radical (unpaired) electrons. The van der Waals surface area contributed by atoms with Crippen LogP contribution in [0.25, 0.3) is 0 Å². The highest BCUT2D eigenvalue weighted by molar-refractivity contribution is 5.25. The third-order valence-corrected chi connectivity index (χ3v) is 3.41. The van der Waals surface area contributed by atoms with E-state index in [1.165, 1.54) is 37.1 Å². The summed E-state index contributed by atoms with van der Waals surface area (Å²) >= 11 is 0. The van der Waals surface area contributed by atoms with Gasteiger partial charge in [-0.1, -0.05) is 29.8 Å². The van der Waals surface area contributed by atoms with E-state index in [9.17, 15) is 5.11 Å². The van der Waals surface area contributed by atoms with Gasteiger partial charge in [-0.3, -0.25) is 0 Å². The zero-order valence-electron chi connectivity index (χ0n) is 10.0. The van der Waals surface area contributed by atoms with Crippen LogP contribution in [0.1, 0.15) is 29.9 Å². The van der Waals surface area contributed by atoms with E-state index in [0.717, 1.165) is 6.54 Å². The summed E-state index contributed by atoms with van der Waals surface area (Å²) in [6.45, 7) is 5.75. The second-order valence-electron chi connectivity index (χ2n) is 4.80. The summed E-state index contributed by atoms with van der Waals surface area (Å²) in [4.78, 5) is 2.46. The van der Waals surface area contributed by atoms with Crippen LogP contribution in [-0.2, 0) is 0 Å². The van der Waals surface area contributed by atoms with E-state index in [2.05, 4.69) is 36.1 Å². The molecule has 1 N–H and O–H groups in total. The molecule has 2 heteroatoms. The van der Waals surface area contributed by atoms with Crippen molar-refractivity contribution in [2.45, 2.75) is 25.7 Å². The first-order valence-corrected chi connectivity index (χ1v) is 6.19. The molecule has 2 rings (SSSR count). The van der Waals surface area contributed by atoms with Gasteiger partial charge in [-0.15, -0.1) is 0 Å². The fourth-order valence-electron chi connectivity index (χ4n) is 2.47. The van der Waals surface area contributed by atoms with Gasteiger partial charge in [0.25, 0.3) is 0 Å². The highest BCUT2D eigenvalue weighted by Gasteiger charge is 2.18. The molecule has 1 aliphatic rings. The molecule has 1 unspecified atom stereocenters. The molecule has 1 atom stereocenters. The molecule has 1 aromatic carbocycles. The van der Waals surface area contributed by atoms with Gasteiger partial charge in [0.15, 0.2) is 0 Å². The van der Waals surface area contributed by atoms with Gasteiger partial charge in [0.2, 0.25) is 0 Å². The molecule has 1 aliphatic heterocycles. The molecule has 0 aliphatic carbocycles. The van der Waals surface area contributed by atoms with E-state index < -0.39 is 0 Å². The van der Waals surface area contributed by atoms with Gasteiger partial charge in [0.05, 0.1) is 6.61 Å². The van der Waals surface area contributed by atoms with Crippen LogP contribution < -0.4 is 0 Å². The van der Waals surface area contributed by atoms with Crippen LogP contribution in [0, 0.1) is 6.92 Å². The normalized spacial score (nSPS) is 18.9. The van der Waals surface area contributed by atoms with Crippen molar-refractivity contribution in [2.24, 2.45) is 0 Å². The van der Waals surface area contributed by atoms with Crippen molar-refractivity contribution >= 4 is 0 Å². The molecule has 1 heterocycles. The Balaban J connectivity index is 2.03. The number of rotatable bonds is 4. The SMILES string of the molecule is Cc1cccc(C(CO)CN2CCCC2)c1. The molecular weight excluding hydrogens is 198 g/mol. The maximum absolute atomic E-state index is 9.50. The minimum Gasteiger partial charge on any atom is -0.396 e. The van der Waals surface area contributed by atoms with Crippen LogP contribution in [0.5, 0.6) is 0 Å². The molecule has 1 fully saturated rings. The summed E-state index contributed by atoms with van der Waals surface area (Å²) in [5, 5.41) is 9.50. The average Bonchev–Trinajstić information content (AvgIpc) is 2.78. The lowest BCUT2D eigenvalue weighted by atomic mass is 9.98. The number of aliphatic hydroxyl groups is 1. The number of benzene rings is 1. The summed E-state index contributed by atoms with van der Waals surface area (Å²) in [5.41, 5.74) is 2.55. The van der Waals surface area contributed by atoms with Crippen molar-refractivity contribution in [1.29, 1.82) is 0 Å². The van der Waals surface area contributed by atoms with E-state index in [1.807, 2.05) is 0 Å². The smallest absolute Gasteiger partial charge is 0.0512 e. The fraction of sp³-hybridized carbons (Fsp3) is 0.571. The number of aryl methyl sites for hydroxylation is 1. The van der Waals surface area contributed by atoms with Crippen LogP contribution in [0.3, 0.4) is 0 Å². The van der Waals surface area contributed by atoms with Gasteiger partial charge in [-0.25, -0.2) is 0 Å². The van der Waals surface area contributed by atoms with Crippen LogP contribution in [0.2, 0.25) is 0 Å². The predicted octanol–water partition coefficient (Wildman–Crippen LogP) is 2.17. The Morgan fingerprint density at radius 2 is 2.06 bits per heavy atom. The van der Waals surface area contributed by atoms with Gasteiger partial charge in [0, 0.05) is 12.5 Å². The molecule has 0 aromatic heterocycles. The van der Waals surface area contributed by atoms with Crippen LogP contribution in [0.4, 0.5) is 0 Å². The van der Waals surface area contributed by atoms with Gasteiger partial charge in [0.1, 0.15) is 0 Å². The largest absolute Gasteiger partial charge is 0.396 e. The topological polar surface area (TPSA) is 23.5 Å². The molecular formula is C14H21NO. The van der Waals surface area contributed by atoms with Crippen LogP contribution in [-0.4, -0.2) is 36.2 Å². The van der Waals surface area contributed by atoms with Crippen molar-refractivity contribution < 1.29 is 5.11 Å². The lowest BCUT2D eigenvalue weighted by Crippen LogP contribution is -2.27. The monoisotopic (exact) mass is 219 g/mol. The second-order valence-corrected chi connectivity index (χ2v) is 4.80. The van der Waals surface area contributed by atoms with Crippen molar-refractivity contribution in [2.75, 3.05) is 26.2 Å². The molecule has 16 heavy (non-hydrogen) atoms. The lowest BCUT2D eigenvalue weighted by molar-refractivity contribution is 0.220. The minimum absolute atomic E-state index is 0.250. The average molecular weight is 219 g/mol. The van der Waals surface area contributed by atoms with E-state index in [1.54, 1.807) is 0 Å². The Bertz CT molecular complexity index is 331. The number of hydrogen-bond acceptors (Lipinski definition) is 2. The Kier molecular flexibility index (Phi) is 3.97. The summed E-state index contributed by atoms with van der Waals surface area (Å²) < 4.78 is 0. The summed E-state index contributed by atoms with van der Waals surface area (Å²) in [7, 11) is 0. The van der Waals surface area contributed by atoms with Crippen LogP contribution >= 0.6 is 0 Å². The molecule has 2 nitrogen and oxygen atoms in total. The molecule has 88 valence electrons. The maximum Gasteiger partial charge on any atom is 0.0512 e. The van der Waals surface area contributed by atoms with Crippen molar-refractivity contribution in [3.63, 3.8) is 0 Å². The zero-order valence-corrected chi connectivity index (χ0v) is 10.0. The zero-order chi connectivity index (χ0) is 11.4. The Morgan fingerprint density at radius 1 is 1.31 bits per heavy atom. The first-order chi connectivity index (χ1) is 7.79. The first-order valence-electron chi connectivity index (χ1n) is 6.19. The molecule has 0 spiro atoms. The predicted molar refractivity (Wildman–Crippen MR) is 66.7 cm³/mol. The molecule has 1 saturated heterocycles. The summed E-state index contributed by atoms with van der Waals surface area (Å²) in [5.74, 6) is 0.276. The lowest BCUT2D eigenvalue weighted by Gasteiger charge is -2.22. The van der Waals surface area contributed by atoms with E-state index in [-0.39, 0.29) is 12.5 Å². The third-order valence-electron chi connectivity index (χ3n) is 3.41. The van der Waals surface area contributed by atoms with Crippen molar-refractivity contribution in [3.8, 4) is 0 Å². The molecule has 0 amide bonds. The van der Waals surface area contributed by atoms with Crippen LogP contribution in [0.15, 0.2) is 24.3 Å². The highest BCUT2D eigenvalue weighted by Crippen LogP contribution is 2.20. The molecule has 1 aromatic rings. The minimum atomic E-state index is 0.250. The third kappa shape index (κ3) is 2.83. The number of likely N-dealkylation sites (tertiary alicyclic amines) is 1. The number of aliphatic hydroxyl groups excluding tert-OH is 1. The highest BCUT2D eigenvalue weighted by atomic mass is 16.3. The number of nitrogens with zero attached hydrogens (tertiary/aromatic N) is 1. The Hall–Kier alpha value is -0.860. The van der Waals surface area contributed by atoms with Crippen molar-refractivity contribution in [1.82, 2.24) is 4.90 Å². The van der Waals surface area contributed by atoms with Gasteiger partial charge in [-0.05, 0) is 38.4 Å². The van der Waals surface area contributed by atoms with Gasteiger partial charge in [-0.2, -0.15) is 0 Å². The Morgan fingerprint density at radius 3 is 2.69 bits per heavy atom. The Labute approximate surface area is 97.9 Å². The molecule has 0 bridgehead atoms. The van der Waals surface area contributed by atoms with Gasteiger partial charge < -0.3 is 10.0 Å².